The number of rotatable bonds is 12. The Morgan fingerprint density at radius 1 is 0.853 bits per heavy atom. The Labute approximate surface area is 200 Å². The van der Waals surface area contributed by atoms with Crippen molar-refractivity contribution in [3.8, 4) is 5.75 Å². The van der Waals surface area contributed by atoms with Gasteiger partial charge in [-0.3, -0.25) is 9.59 Å². The van der Waals surface area contributed by atoms with Gasteiger partial charge in [-0.15, -0.1) is 0 Å². The number of nitrogens with one attached hydrogen (secondary N) is 2. The Balaban J connectivity index is 1.50. The van der Waals surface area contributed by atoms with E-state index in [1.165, 1.54) is 0 Å². The molecule has 0 spiro atoms. The van der Waals surface area contributed by atoms with Gasteiger partial charge in [0.25, 0.3) is 5.91 Å². The fourth-order valence-electron chi connectivity index (χ4n) is 3.35. The van der Waals surface area contributed by atoms with Gasteiger partial charge in [0.2, 0.25) is 5.91 Å². The minimum absolute atomic E-state index is 0.0682. The van der Waals surface area contributed by atoms with Crippen LogP contribution in [0.4, 0.5) is 17.1 Å². The van der Waals surface area contributed by atoms with Crippen LogP contribution in [0.3, 0.4) is 0 Å². The number of para-hydroxylation sites is 1. The van der Waals surface area contributed by atoms with Crippen LogP contribution in [0.5, 0.6) is 5.75 Å². The van der Waals surface area contributed by atoms with Crippen LogP contribution in [0, 0.1) is 0 Å². The van der Waals surface area contributed by atoms with Crippen molar-refractivity contribution in [2.24, 2.45) is 0 Å². The van der Waals surface area contributed by atoms with Gasteiger partial charge in [-0.2, -0.15) is 0 Å². The SMILES string of the molecule is CCOCCOc1cccc(NC(=O)CNc2ccc(C(=O)N(CC)c3ccccc3)cc2)c1. The molecule has 3 rings (SSSR count). The lowest BCUT2D eigenvalue weighted by Gasteiger charge is -2.21. The van der Waals surface area contributed by atoms with E-state index in [2.05, 4.69) is 10.6 Å². The first-order valence-corrected chi connectivity index (χ1v) is 11.4. The van der Waals surface area contributed by atoms with Crippen LogP contribution in [-0.4, -0.2) is 44.7 Å². The van der Waals surface area contributed by atoms with Crippen molar-refractivity contribution in [1.82, 2.24) is 0 Å². The molecular weight excluding hydrogens is 430 g/mol. The van der Waals surface area contributed by atoms with Gasteiger partial charge in [0.15, 0.2) is 0 Å². The van der Waals surface area contributed by atoms with Crippen molar-refractivity contribution in [3.63, 3.8) is 0 Å². The zero-order valence-corrected chi connectivity index (χ0v) is 19.6. The van der Waals surface area contributed by atoms with E-state index in [1.54, 1.807) is 41.3 Å². The predicted octanol–water partition coefficient (Wildman–Crippen LogP) is 4.82. The van der Waals surface area contributed by atoms with E-state index in [-0.39, 0.29) is 18.4 Å². The molecule has 0 atom stereocenters. The summed E-state index contributed by atoms with van der Waals surface area (Å²) >= 11 is 0. The summed E-state index contributed by atoms with van der Waals surface area (Å²) in [6.45, 7) is 6.16. The average molecular weight is 462 g/mol. The Bertz CT molecular complexity index is 1050. The number of hydrogen-bond donors (Lipinski definition) is 2. The lowest BCUT2D eigenvalue weighted by Crippen LogP contribution is -2.30. The summed E-state index contributed by atoms with van der Waals surface area (Å²) in [5.41, 5.74) is 2.85. The molecule has 0 saturated carbocycles. The molecule has 7 heteroatoms. The molecule has 34 heavy (non-hydrogen) atoms. The Kier molecular flexibility index (Phi) is 9.49. The lowest BCUT2D eigenvalue weighted by atomic mass is 10.1. The molecule has 7 nitrogen and oxygen atoms in total. The first kappa shape index (κ1) is 24.8. The predicted molar refractivity (Wildman–Crippen MR) is 136 cm³/mol. The second kappa shape index (κ2) is 13.0. The maximum absolute atomic E-state index is 12.9. The number of nitrogens with zero attached hydrogens (tertiary/aromatic N) is 1. The van der Waals surface area contributed by atoms with E-state index < -0.39 is 0 Å². The molecule has 0 fully saturated rings. The molecule has 178 valence electrons. The molecule has 0 aliphatic heterocycles. The molecule has 0 unspecified atom stereocenters. The zero-order valence-electron chi connectivity index (χ0n) is 19.6. The fraction of sp³-hybridized carbons (Fsp3) is 0.259. The summed E-state index contributed by atoms with van der Waals surface area (Å²) < 4.78 is 10.9. The third-order valence-electron chi connectivity index (χ3n) is 5.03. The first-order chi connectivity index (χ1) is 16.6. The molecule has 2 N–H and O–H groups in total. The molecule has 0 aliphatic carbocycles. The van der Waals surface area contributed by atoms with Gasteiger partial charge >= 0.3 is 0 Å². The summed E-state index contributed by atoms with van der Waals surface area (Å²) in [4.78, 5) is 27.0. The van der Waals surface area contributed by atoms with Crippen LogP contribution in [0.1, 0.15) is 24.2 Å². The third kappa shape index (κ3) is 7.35. The van der Waals surface area contributed by atoms with Crippen molar-refractivity contribution in [2.75, 3.05) is 48.4 Å². The van der Waals surface area contributed by atoms with Gasteiger partial charge in [0.1, 0.15) is 12.4 Å². The maximum atomic E-state index is 12.9. The number of benzene rings is 3. The largest absolute Gasteiger partial charge is 0.491 e. The number of amides is 2. The summed E-state index contributed by atoms with van der Waals surface area (Å²) in [7, 11) is 0. The van der Waals surface area contributed by atoms with Crippen molar-refractivity contribution in [1.29, 1.82) is 0 Å². The summed E-state index contributed by atoms with van der Waals surface area (Å²) in [5.74, 6) is 0.413. The van der Waals surface area contributed by atoms with Crippen molar-refractivity contribution < 1.29 is 19.1 Å². The van der Waals surface area contributed by atoms with Gasteiger partial charge in [-0.25, -0.2) is 0 Å². The third-order valence-corrected chi connectivity index (χ3v) is 5.03. The van der Waals surface area contributed by atoms with E-state index in [0.717, 1.165) is 11.4 Å². The molecule has 0 saturated heterocycles. The zero-order chi connectivity index (χ0) is 24.2. The first-order valence-electron chi connectivity index (χ1n) is 11.4. The highest BCUT2D eigenvalue weighted by Crippen LogP contribution is 2.19. The molecular formula is C27H31N3O4. The molecule has 3 aromatic rings. The van der Waals surface area contributed by atoms with Crippen LogP contribution in [0.2, 0.25) is 0 Å². The van der Waals surface area contributed by atoms with E-state index >= 15 is 0 Å². The molecule has 0 aliphatic rings. The van der Waals surface area contributed by atoms with E-state index in [4.69, 9.17) is 9.47 Å². The monoisotopic (exact) mass is 461 g/mol. The smallest absolute Gasteiger partial charge is 0.258 e. The van der Waals surface area contributed by atoms with Crippen LogP contribution in [0.15, 0.2) is 78.9 Å². The maximum Gasteiger partial charge on any atom is 0.258 e. The Hall–Kier alpha value is -3.84. The normalized spacial score (nSPS) is 10.4. The number of hydrogen-bond acceptors (Lipinski definition) is 5. The highest BCUT2D eigenvalue weighted by Gasteiger charge is 2.15. The van der Waals surface area contributed by atoms with Crippen LogP contribution in [0.25, 0.3) is 0 Å². The second-order valence-corrected chi connectivity index (χ2v) is 7.44. The van der Waals surface area contributed by atoms with Crippen molar-refractivity contribution >= 4 is 28.9 Å². The summed E-state index contributed by atoms with van der Waals surface area (Å²) in [6, 6.07) is 23.9. The standard InChI is InChI=1S/C27H31N3O4/c1-3-30(24-10-6-5-7-11-24)27(32)21-13-15-22(16-14-21)28-20-26(31)29-23-9-8-12-25(19-23)34-18-17-33-4-2/h5-16,19,28H,3-4,17-18,20H2,1-2H3,(H,29,31). The van der Waals surface area contributed by atoms with Crippen LogP contribution in [-0.2, 0) is 9.53 Å². The quantitative estimate of drug-likeness (QED) is 0.378. The highest BCUT2D eigenvalue weighted by molar-refractivity contribution is 6.06. The Morgan fingerprint density at radius 3 is 2.32 bits per heavy atom. The van der Waals surface area contributed by atoms with Crippen LogP contribution < -0.4 is 20.3 Å². The van der Waals surface area contributed by atoms with Gasteiger partial charge in [-0.05, 0) is 62.4 Å². The summed E-state index contributed by atoms with van der Waals surface area (Å²) in [5, 5.41) is 5.93. The van der Waals surface area contributed by atoms with E-state index in [0.29, 0.717) is 43.4 Å². The van der Waals surface area contributed by atoms with Gasteiger partial charge in [-0.1, -0.05) is 24.3 Å². The van der Waals surface area contributed by atoms with Gasteiger partial charge in [0, 0.05) is 41.8 Å². The molecule has 2 amide bonds. The summed E-state index contributed by atoms with van der Waals surface area (Å²) in [6.07, 6.45) is 0. The van der Waals surface area contributed by atoms with Crippen molar-refractivity contribution in [3.05, 3.63) is 84.4 Å². The molecule has 0 radical (unpaired) electrons. The molecule has 3 aromatic carbocycles. The number of anilines is 3. The molecule has 0 bridgehead atoms. The molecule has 0 aromatic heterocycles. The van der Waals surface area contributed by atoms with Gasteiger partial charge < -0.3 is 25.0 Å². The van der Waals surface area contributed by atoms with Gasteiger partial charge in [0.05, 0.1) is 13.2 Å². The minimum Gasteiger partial charge on any atom is -0.491 e. The second-order valence-electron chi connectivity index (χ2n) is 7.44. The number of ether oxygens (including phenoxy) is 2. The van der Waals surface area contributed by atoms with E-state index in [9.17, 15) is 9.59 Å². The topological polar surface area (TPSA) is 79.9 Å². The lowest BCUT2D eigenvalue weighted by molar-refractivity contribution is -0.114. The Morgan fingerprint density at radius 2 is 1.62 bits per heavy atom. The average Bonchev–Trinajstić information content (AvgIpc) is 2.87. The minimum atomic E-state index is -0.187. The fourth-order valence-corrected chi connectivity index (χ4v) is 3.35. The highest BCUT2D eigenvalue weighted by atomic mass is 16.5. The number of carbonyl (C=O) groups excluding carboxylic acids is 2. The van der Waals surface area contributed by atoms with Crippen molar-refractivity contribution in [2.45, 2.75) is 13.8 Å². The van der Waals surface area contributed by atoms with Crippen LogP contribution >= 0.6 is 0 Å². The van der Waals surface area contributed by atoms with E-state index in [1.807, 2.05) is 56.3 Å². The number of carbonyl (C=O) groups is 2. The molecule has 0 heterocycles.